The number of fused-ring (bicyclic) bond motifs is 6. The van der Waals surface area contributed by atoms with Gasteiger partial charge in [-0.3, -0.25) is 56.0 Å². The molecule has 0 saturated carbocycles. The molecule has 11 rings (SSSR count). The van der Waals surface area contributed by atoms with E-state index >= 15 is 0 Å². The van der Waals surface area contributed by atoms with Crippen LogP contribution in [0.15, 0.2) is 62.6 Å². The molecule has 2 saturated heterocycles. The second-order valence-electron chi connectivity index (χ2n) is 22.9. The van der Waals surface area contributed by atoms with Crippen LogP contribution < -0.4 is 45.0 Å². The molecular formula is C61H84FN9O12. The summed E-state index contributed by atoms with van der Waals surface area (Å²) in [6, 6.07) is 7.83. The van der Waals surface area contributed by atoms with E-state index in [0.717, 1.165) is 189 Å². The van der Waals surface area contributed by atoms with Crippen molar-refractivity contribution in [1.29, 1.82) is 0 Å². The summed E-state index contributed by atoms with van der Waals surface area (Å²) in [5.41, 5.74) is 5.78. The summed E-state index contributed by atoms with van der Waals surface area (Å²) in [4.78, 5) is 112. The third kappa shape index (κ3) is 14.1. The monoisotopic (exact) mass is 1150 g/mol. The van der Waals surface area contributed by atoms with E-state index in [1.165, 1.54) is 42.1 Å². The first-order valence-corrected chi connectivity index (χ1v) is 29.8. The first kappa shape index (κ1) is 62.4. The van der Waals surface area contributed by atoms with Crippen LogP contribution in [0.25, 0.3) is 0 Å². The number of nitrogens with one attached hydrogen (secondary N) is 1. The number of hydrogen-bond donors (Lipinski definition) is 1. The standard InChI is InChI=1S/C26H34FN3O3.C14H22N2O4.C12H16N2O3.C9H12N2O2/c1-28-25(31)22-8-3-5-10-24(22)30(26(28)32)14-6-13-29-19-11-12-20(29)16-21(15-19)33-17-18-7-2-4-9-23(18)27;1-15-13(17)10-6-4-5-7-11(10)16(14(15)18)9-8-12(19-2)20-3;1-13-11(16)9-5-2-3-6-10(9)14(12(13)17)7-4-8-15;1-11-8(12)6-4-2-3-5-7(6)10-9(11)13/h2,4,7,9,19-21H,3,5-6,8,10-17H2,1H3;12H,4-9H2,1-3H3;8H,2-7H2,1H3;2-5H2,1H3,(H,10,13). The van der Waals surface area contributed by atoms with Gasteiger partial charge in [-0.25, -0.2) is 23.6 Å². The Labute approximate surface area is 481 Å². The molecule has 83 heavy (non-hydrogen) atoms. The minimum absolute atomic E-state index is 0.110. The van der Waals surface area contributed by atoms with E-state index in [9.17, 15) is 47.5 Å². The van der Waals surface area contributed by atoms with E-state index < -0.39 is 0 Å². The normalized spacial score (nSPS) is 18.7. The molecule has 2 fully saturated rings. The summed E-state index contributed by atoms with van der Waals surface area (Å²) < 4.78 is 40.3. The molecule has 2 atom stereocenters. The quantitative estimate of drug-likeness (QED) is 0.117. The van der Waals surface area contributed by atoms with Crippen molar-refractivity contribution in [1.82, 2.24) is 41.9 Å². The van der Waals surface area contributed by atoms with Gasteiger partial charge in [0.25, 0.3) is 22.2 Å². The van der Waals surface area contributed by atoms with Crippen molar-refractivity contribution in [3.05, 3.63) is 164 Å². The van der Waals surface area contributed by atoms with Crippen molar-refractivity contribution in [3.8, 4) is 0 Å². The van der Waals surface area contributed by atoms with E-state index in [-0.39, 0.29) is 63.2 Å². The Hall–Kier alpha value is -6.62. The Bertz CT molecular complexity index is 3600. The van der Waals surface area contributed by atoms with Gasteiger partial charge in [-0.05, 0) is 141 Å². The number of carbonyl (C=O) groups excluding carboxylic acids is 1. The molecule has 22 heteroatoms. The first-order valence-electron chi connectivity index (χ1n) is 29.8. The zero-order valence-corrected chi connectivity index (χ0v) is 49.3. The average molecular weight is 1150 g/mol. The van der Waals surface area contributed by atoms with Crippen molar-refractivity contribution >= 4 is 6.29 Å². The fourth-order valence-corrected chi connectivity index (χ4v) is 13.2. The Kier molecular flexibility index (Phi) is 21.6. The van der Waals surface area contributed by atoms with Gasteiger partial charge in [-0.15, -0.1) is 0 Å². The number of aldehydes is 1. The highest BCUT2D eigenvalue weighted by molar-refractivity contribution is 5.49. The Morgan fingerprint density at radius 3 is 1.51 bits per heavy atom. The zero-order chi connectivity index (χ0) is 59.5. The van der Waals surface area contributed by atoms with Crippen LogP contribution in [0.2, 0.25) is 0 Å². The number of carbonyl (C=O) groups is 1. The summed E-state index contributed by atoms with van der Waals surface area (Å²) in [5, 5.41) is 0. The van der Waals surface area contributed by atoms with Gasteiger partial charge in [0.2, 0.25) is 0 Å². The Morgan fingerprint density at radius 2 is 1.01 bits per heavy atom. The van der Waals surface area contributed by atoms with Crippen LogP contribution in [-0.2, 0) is 125 Å². The molecule has 452 valence electrons. The van der Waals surface area contributed by atoms with Crippen LogP contribution in [0, 0.1) is 5.82 Å². The molecule has 2 bridgehead atoms. The number of hydrogen-bond acceptors (Lipinski definition) is 13. The molecule has 1 N–H and O–H groups in total. The lowest BCUT2D eigenvalue weighted by atomic mass is 9.96. The molecule has 0 spiro atoms. The lowest BCUT2D eigenvalue weighted by molar-refractivity contribution is -0.108. The number of ether oxygens (including phenoxy) is 3. The Morgan fingerprint density at radius 1 is 0.566 bits per heavy atom. The molecule has 4 aliphatic carbocycles. The van der Waals surface area contributed by atoms with Crippen LogP contribution in [0.1, 0.15) is 147 Å². The highest BCUT2D eigenvalue weighted by atomic mass is 19.1. The van der Waals surface area contributed by atoms with Crippen molar-refractivity contribution in [2.75, 3.05) is 20.8 Å². The number of aromatic amines is 1. The number of aromatic nitrogens is 8. The number of halogens is 1. The summed E-state index contributed by atoms with van der Waals surface area (Å²) >= 11 is 0. The molecule has 5 aromatic rings. The molecule has 4 aromatic heterocycles. The smallest absolute Gasteiger partial charge is 0.330 e. The van der Waals surface area contributed by atoms with Crippen LogP contribution >= 0.6 is 0 Å². The molecular weight excluding hydrogens is 1070 g/mol. The van der Waals surface area contributed by atoms with Crippen molar-refractivity contribution in [2.24, 2.45) is 28.2 Å². The number of benzene rings is 1. The van der Waals surface area contributed by atoms with Crippen molar-refractivity contribution in [3.63, 3.8) is 0 Å². The number of aryl methyl sites for hydroxylation is 1. The van der Waals surface area contributed by atoms with E-state index in [1.807, 2.05) is 10.6 Å². The molecule has 2 unspecified atom stereocenters. The van der Waals surface area contributed by atoms with Crippen LogP contribution in [0.3, 0.4) is 0 Å². The van der Waals surface area contributed by atoms with Gasteiger partial charge in [0.1, 0.15) is 12.1 Å². The predicted octanol–water partition coefficient (Wildman–Crippen LogP) is 3.57. The molecule has 2 aliphatic heterocycles. The van der Waals surface area contributed by atoms with Gasteiger partial charge in [0, 0.05) is 144 Å². The van der Waals surface area contributed by atoms with Crippen LogP contribution in [-0.4, -0.2) is 93.4 Å². The highest BCUT2D eigenvalue weighted by Gasteiger charge is 2.41. The van der Waals surface area contributed by atoms with Gasteiger partial charge < -0.3 is 24.0 Å². The highest BCUT2D eigenvalue weighted by Crippen LogP contribution is 2.37. The summed E-state index contributed by atoms with van der Waals surface area (Å²) in [5.74, 6) is -0.200. The SMILES string of the molecule is COC(CCn1c2c(c(=O)n(C)c1=O)CCCC2)OC.Cn1c(=O)[nH]c2c(c1=O)CCCC2.Cn1c(=O)c2c(n(CCC=O)c1=O)CCCC2.Cn1c(=O)c2c(n(CCCN3C4CCC3CC(OCc3ccccc3F)C4)c1=O)CCCC2. The number of H-pyrrole nitrogens is 1. The van der Waals surface area contributed by atoms with Crippen LogP contribution in [0.4, 0.5) is 4.39 Å². The summed E-state index contributed by atoms with van der Waals surface area (Å²) in [6.07, 6.45) is 21.3. The van der Waals surface area contributed by atoms with Crippen LogP contribution in [0.5, 0.6) is 0 Å². The number of methoxy groups -OCH3 is 2. The molecule has 6 aliphatic rings. The topological polar surface area (TPSA) is 235 Å². The molecule has 0 radical (unpaired) electrons. The number of rotatable bonds is 15. The lowest BCUT2D eigenvalue weighted by Crippen LogP contribution is -2.46. The van der Waals surface area contributed by atoms with Gasteiger partial charge in [0.05, 0.1) is 12.7 Å². The molecule has 6 heterocycles. The summed E-state index contributed by atoms with van der Waals surface area (Å²) in [6.45, 7) is 2.83. The Balaban J connectivity index is 0.000000155. The third-order valence-electron chi connectivity index (χ3n) is 17.8. The van der Waals surface area contributed by atoms with E-state index in [1.54, 1.807) is 49.6 Å². The predicted molar refractivity (Wildman–Crippen MR) is 312 cm³/mol. The molecule has 21 nitrogen and oxygen atoms in total. The number of nitrogens with zero attached hydrogens (tertiary/aromatic N) is 8. The van der Waals surface area contributed by atoms with Gasteiger partial charge >= 0.3 is 22.8 Å². The van der Waals surface area contributed by atoms with Gasteiger partial charge in [-0.2, -0.15) is 0 Å². The fraction of sp³-hybridized carbons (Fsp3) is 0.623. The fourth-order valence-electron chi connectivity index (χ4n) is 13.2. The number of piperidine rings is 1. The van der Waals surface area contributed by atoms with E-state index in [2.05, 4.69) is 9.88 Å². The average Bonchev–Trinajstić information content (AvgIpc) is 3.80. The maximum atomic E-state index is 13.9. The molecule has 1 aromatic carbocycles. The minimum atomic E-state index is -0.335. The first-order chi connectivity index (χ1) is 40.0. The second kappa shape index (κ2) is 28.8. The zero-order valence-electron chi connectivity index (χ0n) is 49.3. The molecule has 0 amide bonds. The van der Waals surface area contributed by atoms with Gasteiger partial charge in [-0.1, -0.05) is 18.2 Å². The van der Waals surface area contributed by atoms with E-state index in [0.29, 0.717) is 56.7 Å². The second-order valence-corrected chi connectivity index (χ2v) is 22.9. The van der Waals surface area contributed by atoms with Crippen molar-refractivity contribution in [2.45, 2.75) is 198 Å². The minimum Gasteiger partial charge on any atom is -0.373 e. The lowest BCUT2D eigenvalue weighted by Gasteiger charge is -2.39. The summed E-state index contributed by atoms with van der Waals surface area (Å²) in [7, 11) is 9.30. The van der Waals surface area contributed by atoms with Crippen molar-refractivity contribution < 1.29 is 23.4 Å². The largest absolute Gasteiger partial charge is 0.373 e. The maximum absolute atomic E-state index is 13.9. The third-order valence-corrected chi connectivity index (χ3v) is 17.8. The maximum Gasteiger partial charge on any atom is 0.330 e. The van der Waals surface area contributed by atoms with E-state index in [4.69, 9.17) is 14.2 Å². The van der Waals surface area contributed by atoms with Gasteiger partial charge in [0.15, 0.2) is 6.29 Å².